The maximum Gasteiger partial charge on any atom is 0.241 e. The van der Waals surface area contributed by atoms with Crippen molar-refractivity contribution in [3.8, 4) is 0 Å². The van der Waals surface area contributed by atoms with Crippen LogP contribution in [-0.2, 0) is 14.4 Å². The number of ketones is 1. The Morgan fingerprint density at radius 1 is 1.06 bits per heavy atom. The van der Waals surface area contributed by atoms with E-state index in [0.717, 1.165) is 25.9 Å². The maximum absolute atomic E-state index is 11.7. The van der Waals surface area contributed by atoms with E-state index < -0.39 is 0 Å². The van der Waals surface area contributed by atoms with Gasteiger partial charge in [0.05, 0.1) is 6.54 Å². The molecule has 1 N–H and O–H groups in total. The lowest BCUT2D eigenvalue weighted by Crippen LogP contribution is -2.42. The van der Waals surface area contributed by atoms with E-state index in [1.54, 1.807) is 4.90 Å². The van der Waals surface area contributed by atoms with Crippen molar-refractivity contribution in [3.63, 3.8) is 0 Å². The third-order valence-corrected chi connectivity index (χ3v) is 2.85. The number of nitrogens with one attached hydrogen (secondary N) is 1. The third kappa shape index (κ3) is 5.47. The van der Waals surface area contributed by atoms with Crippen LogP contribution in [0.25, 0.3) is 0 Å². The van der Waals surface area contributed by atoms with Crippen LogP contribution in [0.1, 0.15) is 39.0 Å². The Balaban J connectivity index is 2.18. The molecule has 0 spiro atoms. The van der Waals surface area contributed by atoms with Crippen molar-refractivity contribution in [2.24, 2.45) is 0 Å². The van der Waals surface area contributed by atoms with E-state index in [2.05, 4.69) is 5.32 Å². The molecule has 5 nitrogen and oxygen atoms in total. The number of amides is 2. The molecule has 0 aromatic heterocycles. The van der Waals surface area contributed by atoms with Gasteiger partial charge in [-0.1, -0.05) is 0 Å². The number of likely N-dealkylation sites (tertiary alicyclic amines) is 1. The van der Waals surface area contributed by atoms with E-state index in [-0.39, 0.29) is 37.0 Å². The Morgan fingerprint density at radius 3 is 2.29 bits per heavy atom. The van der Waals surface area contributed by atoms with Gasteiger partial charge in [-0.15, -0.1) is 0 Å². The number of hydrogen-bond donors (Lipinski definition) is 1. The van der Waals surface area contributed by atoms with E-state index in [4.69, 9.17) is 0 Å². The lowest BCUT2D eigenvalue weighted by molar-refractivity contribution is -0.133. The largest absolute Gasteiger partial charge is 0.347 e. The molecule has 0 saturated carbocycles. The summed E-state index contributed by atoms with van der Waals surface area (Å²) in [4.78, 5) is 35.5. The predicted molar refractivity (Wildman–Crippen MR) is 63.4 cm³/mol. The zero-order valence-corrected chi connectivity index (χ0v) is 10.3. The molecule has 1 saturated heterocycles. The second-order valence-electron chi connectivity index (χ2n) is 4.42. The van der Waals surface area contributed by atoms with Crippen molar-refractivity contribution >= 4 is 17.6 Å². The van der Waals surface area contributed by atoms with Crippen LogP contribution in [0.3, 0.4) is 0 Å². The maximum atomic E-state index is 11.7. The van der Waals surface area contributed by atoms with Crippen molar-refractivity contribution in [1.82, 2.24) is 10.2 Å². The Hall–Kier alpha value is -1.39. The summed E-state index contributed by atoms with van der Waals surface area (Å²) >= 11 is 0. The van der Waals surface area contributed by atoms with Crippen molar-refractivity contribution in [2.75, 3.05) is 19.6 Å². The van der Waals surface area contributed by atoms with Crippen molar-refractivity contribution in [2.45, 2.75) is 39.0 Å². The lowest BCUT2D eigenvalue weighted by Gasteiger charge is -2.26. The molecule has 1 fully saturated rings. The standard InChI is InChI=1S/C12H20N2O3/c1-10(15)5-6-11(16)13-9-12(17)14-7-3-2-4-8-14/h2-9H2,1H3,(H,13,16). The number of rotatable bonds is 5. The van der Waals surface area contributed by atoms with E-state index in [0.29, 0.717) is 0 Å². The summed E-state index contributed by atoms with van der Waals surface area (Å²) in [5.41, 5.74) is 0. The molecule has 1 aliphatic rings. The van der Waals surface area contributed by atoms with Crippen LogP contribution < -0.4 is 5.32 Å². The molecule has 96 valence electrons. The van der Waals surface area contributed by atoms with Gasteiger partial charge in [0.15, 0.2) is 0 Å². The molecule has 1 aliphatic heterocycles. The number of Topliss-reactive ketones (excluding diaryl/α,β-unsaturated/α-hetero) is 1. The van der Waals surface area contributed by atoms with Gasteiger partial charge in [0.25, 0.3) is 0 Å². The lowest BCUT2D eigenvalue weighted by atomic mass is 10.1. The molecule has 5 heteroatoms. The molecule has 1 rings (SSSR count). The fraction of sp³-hybridized carbons (Fsp3) is 0.750. The van der Waals surface area contributed by atoms with E-state index >= 15 is 0 Å². The Morgan fingerprint density at radius 2 is 1.71 bits per heavy atom. The number of carbonyl (C=O) groups excluding carboxylic acids is 3. The Bertz CT molecular complexity index is 296. The summed E-state index contributed by atoms with van der Waals surface area (Å²) in [5, 5.41) is 2.55. The molecule has 2 amide bonds. The molecule has 0 aromatic carbocycles. The second-order valence-corrected chi connectivity index (χ2v) is 4.42. The van der Waals surface area contributed by atoms with Crippen LogP contribution in [0, 0.1) is 0 Å². The van der Waals surface area contributed by atoms with Crippen LogP contribution in [-0.4, -0.2) is 42.1 Å². The minimum absolute atomic E-state index is 0.0116. The van der Waals surface area contributed by atoms with Gasteiger partial charge in [-0.05, 0) is 26.2 Å². The van der Waals surface area contributed by atoms with Gasteiger partial charge >= 0.3 is 0 Å². The molecular weight excluding hydrogens is 220 g/mol. The van der Waals surface area contributed by atoms with Gasteiger partial charge in [0.1, 0.15) is 5.78 Å². The second kappa shape index (κ2) is 7.04. The number of carbonyl (C=O) groups is 3. The zero-order chi connectivity index (χ0) is 12.7. The minimum atomic E-state index is -0.231. The van der Waals surface area contributed by atoms with Crippen molar-refractivity contribution in [1.29, 1.82) is 0 Å². The highest BCUT2D eigenvalue weighted by Gasteiger charge is 2.16. The molecule has 0 atom stereocenters. The SMILES string of the molecule is CC(=O)CCC(=O)NCC(=O)N1CCCCC1. The average Bonchev–Trinajstić information content (AvgIpc) is 2.34. The molecule has 0 radical (unpaired) electrons. The Kier molecular flexibility index (Phi) is 5.66. The van der Waals surface area contributed by atoms with Gasteiger partial charge < -0.3 is 15.0 Å². The third-order valence-electron chi connectivity index (χ3n) is 2.85. The molecule has 1 heterocycles. The first kappa shape index (κ1) is 13.7. The quantitative estimate of drug-likeness (QED) is 0.760. The molecule has 0 unspecified atom stereocenters. The summed E-state index contributed by atoms with van der Waals surface area (Å²) in [6.07, 6.45) is 3.68. The van der Waals surface area contributed by atoms with Crippen LogP contribution in [0.5, 0.6) is 0 Å². The monoisotopic (exact) mass is 240 g/mol. The summed E-state index contributed by atoms with van der Waals surface area (Å²) in [5.74, 6) is -0.269. The average molecular weight is 240 g/mol. The van der Waals surface area contributed by atoms with Crippen LogP contribution in [0.2, 0.25) is 0 Å². The first-order chi connectivity index (χ1) is 8.09. The normalized spacial score (nSPS) is 15.5. The first-order valence-electron chi connectivity index (χ1n) is 6.13. The molecule has 0 bridgehead atoms. The zero-order valence-electron chi connectivity index (χ0n) is 10.3. The molecular formula is C12H20N2O3. The smallest absolute Gasteiger partial charge is 0.241 e. The predicted octanol–water partition coefficient (Wildman–Crippen LogP) is 0.484. The summed E-state index contributed by atoms with van der Waals surface area (Å²) in [7, 11) is 0. The van der Waals surface area contributed by atoms with Crippen molar-refractivity contribution in [3.05, 3.63) is 0 Å². The summed E-state index contributed by atoms with van der Waals surface area (Å²) in [6.45, 7) is 3.09. The number of piperidine rings is 1. The van der Waals surface area contributed by atoms with Crippen LogP contribution >= 0.6 is 0 Å². The molecule has 0 aliphatic carbocycles. The highest BCUT2D eigenvalue weighted by atomic mass is 16.2. The molecule has 17 heavy (non-hydrogen) atoms. The number of nitrogens with zero attached hydrogens (tertiary/aromatic N) is 1. The summed E-state index contributed by atoms with van der Waals surface area (Å²) < 4.78 is 0. The van der Waals surface area contributed by atoms with E-state index in [1.165, 1.54) is 13.3 Å². The van der Waals surface area contributed by atoms with Gasteiger partial charge in [0.2, 0.25) is 11.8 Å². The van der Waals surface area contributed by atoms with Crippen LogP contribution in [0.4, 0.5) is 0 Å². The van der Waals surface area contributed by atoms with Gasteiger partial charge in [-0.3, -0.25) is 9.59 Å². The van der Waals surface area contributed by atoms with Crippen LogP contribution in [0.15, 0.2) is 0 Å². The van der Waals surface area contributed by atoms with Gasteiger partial charge in [0, 0.05) is 25.9 Å². The summed E-state index contributed by atoms with van der Waals surface area (Å²) in [6, 6.07) is 0. The van der Waals surface area contributed by atoms with Gasteiger partial charge in [-0.25, -0.2) is 0 Å². The fourth-order valence-corrected chi connectivity index (χ4v) is 1.81. The number of hydrogen-bond acceptors (Lipinski definition) is 3. The van der Waals surface area contributed by atoms with E-state index in [9.17, 15) is 14.4 Å². The highest BCUT2D eigenvalue weighted by Crippen LogP contribution is 2.08. The molecule has 0 aromatic rings. The van der Waals surface area contributed by atoms with Gasteiger partial charge in [-0.2, -0.15) is 0 Å². The van der Waals surface area contributed by atoms with Crippen molar-refractivity contribution < 1.29 is 14.4 Å². The fourth-order valence-electron chi connectivity index (χ4n) is 1.81. The topological polar surface area (TPSA) is 66.5 Å². The minimum Gasteiger partial charge on any atom is -0.347 e. The van der Waals surface area contributed by atoms with E-state index in [1.807, 2.05) is 0 Å². The Labute approximate surface area is 102 Å². The first-order valence-corrected chi connectivity index (χ1v) is 6.13. The highest BCUT2D eigenvalue weighted by molar-refractivity contribution is 5.87.